The summed E-state index contributed by atoms with van der Waals surface area (Å²) < 4.78 is 2.08. The molecule has 1 N–H and O–H groups in total. The highest BCUT2D eigenvalue weighted by atomic mass is 16.2. The summed E-state index contributed by atoms with van der Waals surface area (Å²) in [6.07, 6.45) is 2.60. The van der Waals surface area contributed by atoms with E-state index < -0.39 is 0 Å². The van der Waals surface area contributed by atoms with Crippen molar-refractivity contribution in [1.82, 2.24) is 24.6 Å². The van der Waals surface area contributed by atoms with E-state index in [9.17, 15) is 4.79 Å². The second-order valence-electron chi connectivity index (χ2n) is 6.93. The first-order chi connectivity index (χ1) is 12.6. The molecule has 1 atom stereocenters. The maximum absolute atomic E-state index is 12.5. The molecule has 0 unspecified atom stereocenters. The van der Waals surface area contributed by atoms with Crippen molar-refractivity contribution in [2.45, 2.75) is 39.4 Å². The van der Waals surface area contributed by atoms with Crippen molar-refractivity contribution in [2.24, 2.45) is 0 Å². The first-order valence-corrected chi connectivity index (χ1v) is 8.90. The summed E-state index contributed by atoms with van der Waals surface area (Å²) in [7, 11) is 1.70. The lowest BCUT2D eigenvalue weighted by atomic mass is 9.93. The molecule has 0 fully saturated rings. The van der Waals surface area contributed by atoms with Gasteiger partial charge in [-0.25, -0.2) is 9.97 Å². The van der Waals surface area contributed by atoms with Crippen LogP contribution in [0.4, 0.5) is 0 Å². The molecule has 0 spiro atoms. The number of carbonyl (C=O) groups is 1. The molecule has 1 aliphatic rings. The van der Waals surface area contributed by atoms with Gasteiger partial charge in [-0.2, -0.15) is 0 Å². The zero-order valence-electron chi connectivity index (χ0n) is 15.4. The van der Waals surface area contributed by atoms with E-state index >= 15 is 0 Å². The number of aryl methyl sites for hydroxylation is 2. The number of nitrogens with one attached hydrogen (secondary N) is 1. The second-order valence-corrected chi connectivity index (χ2v) is 6.93. The van der Waals surface area contributed by atoms with E-state index in [0.717, 1.165) is 30.0 Å². The van der Waals surface area contributed by atoms with E-state index in [1.807, 2.05) is 19.2 Å². The number of rotatable bonds is 3. The van der Waals surface area contributed by atoms with Crippen LogP contribution in [0.1, 0.15) is 28.2 Å². The number of imidazole rings is 1. The molecule has 6 nitrogen and oxygen atoms in total. The van der Waals surface area contributed by atoms with Crippen LogP contribution in [0.2, 0.25) is 0 Å². The summed E-state index contributed by atoms with van der Waals surface area (Å²) >= 11 is 0. The standard InChI is InChI=1S/C20H23N5O/c1-13-8-14(2)25-17(10-22-20(25)23-13)12-24-11-16-7-5-4-6-15(16)9-18(24)19(26)21-3/h4-8,10,18H,9,11-12H2,1-3H3,(H,21,26)/t18-/m0/s1. The summed E-state index contributed by atoms with van der Waals surface area (Å²) in [5.74, 6) is 0.769. The maximum atomic E-state index is 12.5. The maximum Gasteiger partial charge on any atom is 0.237 e. The fraction of sp³-hybridized carbons (Fsp3) is 0.350. The van der Waals surface area contributed by atoms with Gasteiger partial charge in [0.2, 0.25) is 11.7 Å². The van der Waals surface area contributed by atoms with Gasteiger partial charge < -0.3 is 5.32 Å². The van der Waals surface area contributed by atoms with Crippen LogP contribution in [0.3, 0.4) is 0 Å². The van der Waals surface area contributed by atoms with Crippen LogP contribution in [0.5, 0.6) is 0 Å². The summed E-state index contributed by atoms with van der Waals surface area (Å²) in [6.45, 7) is 5.44. The molecule has 1 aromatic carbocycles. The minimum absolute atomic E-state index is 0.0546. The highest BCUT2D eigenvalue weighted by molar-refractivity contribution is 5.82. The van der Waals surface area contributed by atoms with Gasteiger partial charge in [0.15, 0.2) is 0 Å². The number of nitrogens with zero attached hydrogens (tertiary/aromatic N) is 4. The molecule has 0 saturated carbocycles. The first kappa shape index (κ1) is 16.7. The van der Waals surface area contributed by atoms with E-state index in [0.29, 0.717) is 12.3 Å². The smallest absolute Gasteiger partial charge is 0.237 e. The Morgan fingerprint density at radius 3 is 2.81 bits per heavy atom. The highest BCUT2D eigenvalue weighted by Gasteiger charge is 2.31. The molecule has 1 aliphatic heterocycles. The van der Waals surface area contributed by atoms with Gasteiger partial charge in [-0.1, -0.05) is 24.3 Å². The number of amides is 1. The first-order valence-electron chi connectivity index (χ1n) is 8.90. The van der Waals surface area contributed by atoms with Crippen molar-refractivity contribution in [3.05, 3.63) is 64.7 Å². The molecule has 1 amide bonds. The van der Waals surface area contributed by atoms with Crippen LogP contribution < -0.4 is 5.32 Å². The number of carbonyl (C=O) groups excluding carboxylic acids is 1. The van der Waals surface area contributed by atoms with Gasteiger partial charge in [-0.3, -0.25) is 14.1 Å². The van der Waals surface area contributed by atoms with E-state index in [1.54, 1.807) is 7.05 Å². The van der Waals surface area contributed by atoms with Crippen LogP contribution in [-0.4, -0.2) is 38.3 Å². The lowest BCUT2D eigenvalue weighted by Gasteiger charge is -2.35. The third kappa shape index (κ3) is 2.86. The second kappa shape index (κ2) is 6.53. The molecule has 3 heterocycles. The molecule has 2 aromatic heterocycles. The predicted octanol–water partition coefficient (Wildman–Crippen LogP) is 2.02. The number of likely N-dealkylation sites (N-methyl/N-ethyl adjacent to an activating group) is 1. The van der Waals surface area contributed by atoms with Crippen LogP contribution >= 0.6 is 0 Å². The molecule has 0 aliphatic carbocycles. The van der Waals surface area contributed by atoms with Crippen LogP contribution in [-0.2, 0) is 24.3 Å². The van der Waals surface area contributed by atoms with Crippen molar-refractivity contribution in [3.8, 4) is 0 Å². The zero-order chi connectivity index (χ0) is 18.3. The van der Waals surface area contributed by atoms with E-state index in [1.165, 1.54) is 11.1 Å². The average molecular weight is 349 g/mol. The third-order valence-corrected chi connectivity index (χ3v) is 5.12. The van der Waals surface area contributed by atoms with Crippen molar-refractivity contribution >= 4 is 11.7 Å². The molecule has 4 rings (SSSR count). The molecule has 0 bridgehead atoms. The Balaban J connectivity index is 1.71. The molecule has 26 heavy (non-hydrogen) atoms. The topological polar surface area (TPSA) is 62.5 Å². The Hall–Kier alpha value is -2.73. The fourth-order valence-corrected chi connectivity index (χ4v) is 3.88. The Morgan fingerprint density at radius 2 is 2.04 bits per heavy atom. The lowest BCUT2D eigenvalue weighted by Crippen LogP contribution is -2.49. The van der Waals surface area contributed by atoms with Gasteiger partial charge in [-0.05, 0) is 37.5 Å². The Morgan fingerprint density at radius 1 is 1.27 bits per heavy atom. The van der Waals surface area contributed by atoms with Crippen LogP contribution in [0.15, 0.2) is 36.5 Å². The summed E-state index contributed by atoms with van der Waals surface area (Å²) in [5, 5.41) is 2.82. The highest BCUT2D eigenvalue weighted by Crippen LogP contribution is 2.25. The van der Waals surface area contributed by atoms with E-state index in [-0.39, 0.29) is 11.9 Å². The molecule has 134 valence electrons. The van der Waals surface area contributed by atoms with Crippen LogP contribution in [0.25, 0.3) is 5.78 Å². The monoisotopic (exact) mass is 349 g/mol. The Bertz CT molecular complexity index is 977. The normalized spacial score (nSPS) is 17.3. The fourth-order valence-electron chi connectivity index (χ4n) is 3.88. The van der Waals surface area contributed by atoms with Crippen molar-refractivity contribution in [1.29, 1.82) is 0 Å². The number of benzene rings is 1. The largest absolute Gasteiger partial charge is 0.358 e. The van der Waals surface area contributed by atoms with Crippen molar-refractivity contribution in [2.75, 3.05) is 7.05 Å². The predicted molar refractivity (Wildman–Crippen MR) is 99.7 cm³/mol. The summed E-state index contributed by atoms with van der Waals surface area (Å²) in [5.41, 5.74) is 5.66. The van der Waals surface area contributed by atoms with Crippen LogP contribution in [0, 0.1) is 13.8 Å². The third-order valence-electron chi connectivity index (χ3n) is 5.12. The molecule has 0 radical (unpaired) electrons. The zero-order valence-corrected chi connectivity index (χ0v) is 15.4. The minimum Gasteiger partial charge on any atom is -0.358 e. The van der Waals surface area contributed by atoms with E-state index in [2.05, 4.69) is 55.8 Å². The number of hydrogen-bond acceptors (Lipinski definition) is 4. The molecule has 3 aromatic rings. The average Bonchev–Trinajstić information content (AvgIpc) is 3.03. The number of aromatic nitrogens is 3. The van der Waals surface area contributed by atoms with Crippen molar-refractivity contribution < 1.29 is 4.79 Å². The van der Waals surface area contributed by atoms with Crippen molar-refractivity contribution in [3.63, 3.8) is 0 Å². The summed E-state index contributed by atoms with van der Waals surface area (Å²) in [6, 6.07) is 10.2. The Labute approximate surface area is 152 Å². The van der Waals surface area contributed by atoms with Gasteiger partial charge >= 0.3 is 0 Å². The van der Waals surface area contributed by atoms with Gasteiger partial charge in [0.1, 0.15) is 0 Å². The van der Waals surface area contributed by atoms with Gasteiger partial charge in [0.05, 0.1) is 17.9 Å². The van der Waals surface area contributed by atoms with E-state index in [4.69, 9.17) is 0 Å². The molecule has 6 heteroatoms. The van der Waals surface area contributed by atoms with Gasteiger partial charge in [0, 0.05) is 31.5 Å². The van der Waals surface area contributed by atoms with Gasteiger partial charge in [-0.15, -0.1) is 0 Å². The molecular formula is C20H23N5O. The summed E-state index contributed by atoms with van der Waals surface area (Å²) in [4.78, 5) is 23.7. The quantitative estimate of drug-likeness (QED) is 0.786. The Kier molecular flexibility index (Phi) is 4.20. The number of fused-ring (bicyclic) bond motifs is 2. The number of hydrogen-bond donors (Lipinski definition) is 1. The van der Waals surface area contributed by atoms with Gasteiger partial charge in [0.25, 0.3) is 0 Å². The SMILES string of the molecule is CNC(=O)[C@@H]1Cc2ccccc2CN1Cc1cnc2nc(C)cc(C)n12. The molecule has 0 saturated heterocycles. The molecular weight excluding hydrogens is 326 g/mol. The lowest BCUT2D eigenvalue weighted by molar-refractivity contribution is -0.126. The minimum atomic E-state index is -0.181.